The number of benzene rings is 2. The van der Waals surface area contributed by atoms with E-state index in [4.69, 9.17) is 46.4 Å². The third-order valence-corrected chi connectivity index (χ3v) is 4.08. The predicted octanol–water partition coefficient (Wildman–Crippen LogP) is 6.57. The van der Waals surface area contributed by atoms with Crippen molar-refractivity contribution in [2.45, 2.75) is 6.61 Å². The number of ether oxygens (including phenoxy) is 1. The molecule has 0 radical (unpaired) electrons. The van der Waals surface area contributed by atoms with Gasteiger partial charge in [-0.15, -0.1) is 0 Å². The highest BCUT2D eigenvalue weighted by molar-refractivity contribution is 6.49. The van der Waals surface area contributed by atoms with Crippen LogP contribution in [0, 0.1) is 0 Å². The van der Waals surface area contributed by atoms with E-state index >= 15 is 0 Å². The van der Waals surface area contributed by atoms with Gasteiger partial charge in [-0.1, -0.05) is 58.5 Å². The Labute approximate surface area is 134 Å². The Morgan fingerprint density at radius 1 is 0.850 bits per heavy atom. The number of halogens is 6. The van der Waals surface area contributed by atoms with Crippen molar-refractivity contribution in [3.8, 4) is 16.9 Å². The van der Waals surface area contributed by atoms with Gasteiger partial charge in [0.1, 0.15) is 5.75 Å². The van der Waals surface area contributed by atoms with Crippen LogP contribution in [0.5, 0.6) is 5.75 Å². The fourth-order valence-electron chi connectivity index (χ4n) is 1.61. The van der Waals surface area contributed by atoms with Crippen molar-refractivity contribution in [3.05, 3.63) is 50.4 Å². The van der Waals surface area contributed by atoms with Crippen molar-refractivity contribution in [1.82, 2.24) is 0 Å². The molecule has 106 valence electrons. The molecule has 7 heteroatoms. The van der Waals surface area contributed by atoms with Crippen LogP contribution in [-0.4, -0.2) is 6.61 Å². The zero-order valence-electron chi connectivity index (χ0n) is 9.64. The lowest BCUT2D eigenvalue weighted by atomic mass is 10.1. The second kappa shape index (κ2) is 6.35. The Kier molecular flexibility index (Phi) is 4.97. The molecular formula is C13H6Cl4F2O. The van der Waals surface area contributed by atoms with Crippen LogP contribution in [0.2, 0.25) is 20.1 Å². The summed E-state index contributed by atoms with van der Waals surface area (Å²) in [7, 11) is 0. The summed E-state index contributed by atoms with van der Waals surface area (Å²) >= 11 is 23.8. The van der Waals surface area contributed by atoms with Gasteiger partial charge < -0.3 is 4.74 Å². The Hall–Kier alpha value is -0.740. The first-order chi connectivity index (χ1) is 9.40. The molecule has 0 atom stereocenters. The SMILES string of the molecule is FC(F)Oc1ccc(-c2ccc(Cl)c(Cl)c2Cl)cc1Cl. The first kappa shape index (κ1) is 15.6. The topological polar surface area (TPSA) is 9.23 Å². The number of alkyl halides is 2. The van der Waals surface area contributed by atoms with Crippen LogP contribution in [0.4, 0.5) is 8.78 Å². The van der Waals surface area contributed by atoms with Crippen molar-refractivity contribution in [2.75, 3.05) is 0 Å². The highest BCUT2D eigenvalue weighted by atomic mass is 35.5. The van der Waals surface area contributed by atoms with Gasteiger partial charge in [-0.05, 0) is 23.8 Å². The molecule has 20 heavy (non-hydrogen) atoms. The van der Waals surface area contributed by atoms with Crippen LogP contribution >= 0.6 is 46.4 Å². The van der Waals surface area contributed by atoms with Gasteiger partial charge in [0.25, 0.3) is 0 Å². The lowest BCUT2D eigenvalue weighted by Crippen LogP contribution is -2.02. The smallest absolute Gasteiger partial charge is 0.387 e. The average Bonchev–Trinajstić information content (AvgIpc) is 2.38. The Balaban J connectivity index is 2.44. The monoisotopic (exact) mass is 356 g/mol. The van der Waals surface area contributed by atoms with Gasteiger partial charge in [0.2, 0.25) is 0 Å². The maximum absolute atomic E-state index is 12.2. The molecule has 0 heterocycles. The summed E-state index contributed by atoms with van der Waals surface area (Å²) in [6, 6.07) is 7.60. The van der Waals surface area contributed by atoms with E-state index in [1.165, 1.54) is 12.1 Å². The van der Waals surface area contributed by atoms with Crippen LogP contribution in [0.15, 0.2) is 30.3 Å². The number of rotatable bonds is 3. The fourth-order valence-corrected chi connectivity index (χ4v) is 2.48. The molecule has 0 saturated heterocycles. The van der Waals surface area contributed by atoms with Crippen molar-refractivity contribution >= 4 is 46.4 Å². The van der Waals surface area contributed by atoms with E-state index in [9.17, 15) is 8.78 Å². The average molecular weight is 358 g/mol. The number of hydrogen-bond donors (Lipinski definition) is 0. The molecule has 2 aromatic carbocycles. The third-order valence-electron chi connectivity index (χ3n) is 2.49. The van der Waals surface area contributed by atoms with Gasteiger partial charge in [-0.25, -0.2) is 0 Å². The Morgan fingerprint density at radius 3 is 2.15 bits per heavy atom. The summed E-state index contributed by atoms with van der Waals surface area (Å²) in [5, 5.41) is 0.849. The quantitative estimate of drug-likeness (QED) is 0.564. The normalized spacial score (nSPS) is 10.9. The maximum Gasteiger partial charge on any atom is 0.387 e. The van der Waals surface area contributed by atoms with Gasteiger partial charge in [0.15, 0.2) is 0 Å². The molecule has 0 aliphatic heterocycles. The van der Waals surface area contributed by atoms with Gasteiger partial charge in [-0.3, -0.25) is 0 Å². The van der Waals surface area contributed by atoms with Crippen molar-refractivity contribution < 1.29 is 13.5 Å². The second-order valence-corrected chi connectivity index (χ2v) is 5.32. The second-order valence-electron chi connectivity index (χ2n) is 3.75. The lowest BCUT2D eigenvalue weighted by Gasteiger charge is -2.11. The standard InChI is InChI=1S/C13H6Cl4F2O/c14-8-3-2-7(11(16)12(8)17)6-1-4-10(9(15)5-6)20-13(18)19/h1-5,13H. The predicted molar refractivity (Wildman–Crippen MR) is 78.6 cm³/mol. The highest BCUT2D eigenvalue weighted by Gasteiger charge is 2.13. The summed E-state index contributed by atoms with van der Waals surface area (Å²) in [5.41, 5.74) is 1.20. The van der Waals surface area contributed by atoms with Gasteiger partial charge in [0.05, 0.1) is 20.1 Å². The van der Waals surface area contributed by atoms with Crippen molar-refractivity contribution in [3.63, 3.8) is 0 Å². The van der Waals surface area contributed by atoms with Crippen LogP contribution < -0.4 is 4.74 Å². The molecule has 0 bridgehead atoms. The van der Waals surface area contributed by atoms with E-state index < -0.39 is 6.61 Å². The molecule has 0 unspecified atom stereocenters. The summed E-state index contributed by atoms with van der Waals surface area (Å²) in [6.07, 6.45) is 0. The largest absolute Gasteiger partial charge is 0.433 e. The molecule has 0 amide bonds. The van der Waals surface area contributed by atoms with Crippen LogP contribution in [0.1, 0.15) is 0 Å². The van der Waals surface area contributed by atoms with E-state index in [2.05, 4.69) is 4.74 Å². The zero-order valence-corrected chi connectivity index (χ0v) is 12.7. The minimum absolute atomic E-state index is 0.0462. The molecule has 1 nitrogen and oxygen atoms in total. The molecule has 2 aromatic rings. The van der Waals surface area contributed by atoms with Gasteiger partial charge >= 0.3 is 6.61 Å². The van der Waals surface area contributed by atoms with Crippen LogP contribution in [0.25, 0.3) is 11.1 Å². The minimum Gasteiger partial charge on any atom is -0.433 e. The lowest BCUT2D eigenvalue weighted by molar-refractivity contribution is -0.0497. The van der Waals surface area contributed by atoms with Gasteiger partial charge in [0, 0.05) is 5.56 Å². The molecule has 0 spiro atoms. The molecular weight excluding hydrogens is 352 g/mol. The summed E-state index contributed by atoms with van der Waals surface area (Å²) < 4.78 is 28.6. The molecule has 0 aromatic heterocycles. The molecule has 0 aliphatic rings. The van der Waals surface area contributed by atoms with E-state index in [0.717, 1.165) is 0 Å². The first-order valence-corrected chi connectivity index (χ1v) is 6.79. The zero-order chi connectivity index (χ0) is 14.9. The summed E-state index contributed by atoms with van der Waals surface area (Å²) in [4.78, 5) is 0. The van der Waals surface area contributed by atoms with Crippen LogP contribution in [-0.2, 0) is 0 Å². The van der Waals surface area contributed by atoms with E-state index in [1.807, 2.05) is 0 Å². The molecule has 0 saturated carbocycles. The Bertz CT molecular complexity index is 647. The van der Waals surface area contributed by atoms with Crippen molar-refractivity contribution in [1.29, 1.82) is 0 Å². The molecule has 0 fully saturated rings. The molecule has 0 N–H and O–H groups in total. The van der Waals surface area contributed by atoms with E-state index in [0.29, 0.717) is 16.1 Å². The summed E-state index contributed by atoms with van der Waals surface area (Å²) in [6.45, 7) is -2.94. The minimum atomic E-state index is -2.94. The van der Waals surface area contributed by atoms with Gasteiger partial charge in [-0.2, -0.15) is 8.78 Å². The molecule has 2 rings (SSSR count). The maximum atomic E-state index is 12.2. The number of hydrogen-bond acceptors (Lipinski definition) is 1. The summed E-state index contributed by atoms with van der Waals surface area (Å²) in [5.74, 6) is -0.110. The third kappa shape index (κ3) is 3.29. The van der Waals surface area contributed by atoms with E-state index in [1.54, 1.807) is 18.2 Å². The Morgan fingerprint density at radius 2 is 1.55 bits per heavy atom. The van der Waals surface area contributed by atoms with Crippen molar-refractivity contribution in [2.24, 2.45) is 0 Å². The molecule has 0 aliphatic carbocycles. The fraction of sp³-hybridized carbons (Fsp3) is 0.0769. The highest BCUT2D eigenvalue weighted by Crippen LogP contribution is 2.40. The first-order valence-electron chi connectivity index (χ1n) is 5.28. The van der Waals surface area contributed by atoms with E-state index in [-0.39, 0.29) is 20.8 Å². The van der Waals surface area contributed by atoms with Crippen LogP contribution in [0.3, 0.4) is 0 Å².